The van der Waals surface area contributed by atoms with Crippen LogP contribution in [-0.2, 0) is 5.66 Å². The third-order valence-electron chi connectivity index (χ3n) is 5.17. The van der Waals surface area contributed by atoms with E-state index in [-0.39, 0.29) is 5.56 Å². The smallest absolute Gasteiger partial charge is 0.351 e. The highest BCUT2D eigenvalue weighted by Crippen LogP contribution is 2.51. The molecule has 2 nitrogen and oxygen atoms in total. The van der Waals surface area contributed by atoms with Gasteiger partial charge in [-0.05, 0) is 18.2 Å². The fraction of sp³-hybridized carbons (Fsp3) is 0.0909. The monoisotopic (exact) mass is 364 g/mol. The molecule has 1 aliphatic rings. The number of nitrogens with one attached hydrogen (secondary N) is 1. The lowest BCUT2D eigenvalue weighted by molar-refractivity contribution is -0.189. The Morgan fingerprint density at radius 2 is 1.44 bits per heavy atom. The van der Waals surface area contributed by atoms with E-state index in [1.54, 1.807) is 42.5 Å². The Morgan fingerprint density at radius 3 is 2.22 bits per heavy atom. The molecule has 0 saturated carbocycles. The van der Waals surface area contributed by atoms with Crippen molar-refractivity contribution in [2.24, 2.45) is 0 Å². The van der Waals surface area contributed by atoms with Gasteiger partial charge in [-0.3, -0.25) is 0 Å². The van der Waals surface area contributed by atoms with Crippen molar-refractivity contribution in [2.75, 3.05) is 5.32 Å². The van der Waals surface area contributed by atoms with Gasteiger partial charge in [-0.1, -0.05) is 66.7 Å². The highest BCUT2D eigenvalue weighted by Gasteiger charge is 2.60. The van der Waals surface area contributed by atoms with Gasteiger partial charge in [0.15, 0.2) is 0 Å². The lowest BCUT2D eigenvalue weighted by atomic mass is 9.92. The van der Waals surface area contributed by atoms with E-state index in [0.717, 1.165) is 10.9 Å². The molecule has 2 heterocycles. The number of anilines is 1. The van der Waals surface area contributed by atoms with Gasteiger partial charge in [0.05, 0.1) is 11.2 Å². The molecule has 3 aromatic carbocycles. The van der Waals surface area contributed by atoms with Crippen LogP contribution in [0.2, 0.25) is 0 Å². The van der Waals surface area contributed by atoms with Crippen molar-refractivity contribution in [3.8, 4) is 11.3 Å². The molecule has 1 aliphatic heterocycles. The number of hydrogen-bond donors (Lipinski definition) is 1. The van der Waals surface area contributed by atoms with Gasteiger partial charge < -0.3 is 9.88 Å². The topological polar surface area (TPSA) is 17.0 Å². The van der Waals surface area contributed by atoms with Gasteiger partial charge in [0.2, 0.25) is 5.66 Å². The molecule has 27 heavy (non-hydrogen) atoms. The number of alkyl halides is 3. The standard InChI is InChI=1S/C22H15F3N2/c23-22(24,25)21(16-9-2-1-3-10-16)26-18-12-6-5-11-17(18)20-14-15-8-4-7-13-19(15)27(20)21/h1-14,26H. The molecule has 134 valence electrons. The van der Waals surface area contributed by atoms with Crippen LogP contribution in [0.1, 0.15) is 5.56 Å². The SMILES string of the molecule is FC(F)(F)C1(c2ccccc2)Nc2ccccc2-c2cc3ccccc3n21. The van der Waals surface area contributed by atoms with Gasteiger partial charge in [0, 0.05) is 22.2 Å². The fourth-order valence-electron chi connectivity index (χ4n) is 4.02. The minimum absolute atomic E-state index is 0.148. The molecule has 5 heteroatoms. The summed E-state index contributed by atoms with van der Waals surface area (Å²) in [5, 5.41) is 3.61. The largest absolute Gasteiger partial charge is 0.435 e. The molecule has 5 rings (SSSR count). The van der Waals surface area contributed by atoms with E-state index in [2.05, 4.69) is 5.32 Å². The van der Waals surface area contributed by atoms with Crippen LogP contribution in [0.3, 0.4) is 0 Å². The number of hydrogen-bond acceptors (Lipinski definition) is 1. The molecule has 0 fully saturated rings. The summed E-state index contributed by atoms with van der Waals surface area (Å²) < 4.78 is 45.7. The lowest BCUT2D eigenvalue weighted by Crippen LogP contribution is -2.56. The molecule has 4 aromatic rings. The summed E-state index contributed by atoms with van der Waals surface area (Å²) in [6, 6.07) is 24.2. The zero-order valence-corrected chi connectivity index (χ0v) is 14.2. The summed E-state index contributed by atoms with van der Waals surface area (Å²) >= 11 is 0. The second kappa shape index (κ2) is 5.39. The molecule has 1 N–H and O–H groups in total. The number of fused-ring (bicyclic) bond motifs is 5. The third kappa shape index (κ3) is 2.08. The van der Waals surface area contributed by atoms with E-state index in [4.69, 9.17) is 0 Å². The van der Waals surface area contributed by atoms with Crippen LogP contribution in [0.25, 0.3) is 22.2 Å². The van der Waals surface area contributed by atoms with Crippen LogP contribution < -0.4 is 5.32 Å². The molecular weight excluding hydrogens is 349 g/mol. The van der Waals surface area contributed by atoms with Crippen molar-refractivity contribution in [3.63, 3.8) is 0 Å². The minimum Gasteiger partial charge on any atom is -0.351 e. The van der Waals surface area contributed by atoms with Gasteiger partial charge in [-0.25, -0.2) is 0 Å². The summed E-state index contributed by atoms with van der Waals surface area (Å²) in [5.74, 6) is 0. The van der Waals surface area contributed by atoms with Gasteiger partial charge in [-0.2, -0.15) is 13.2 Å². The lowest BCUT2D eigenvalue weighted by Gasteiger charge is -2.44. The number of benzene rings is 3. The van der Waals surface area contributed by atoms with Crippen LogP contribution in [0, 0.1) is 0 Å². The fourth-order valence-corrected chi connectivity index (χ4v) is 4.02. The van der Waals surface area contributed by atoms with Gasteiger partial charge in [-0.15, -0.1) is 0 Å². The van der Waals surface area contributed by atoms with Crippen LogP contribution in [-0.4, -0.2) is 10.7 Å². The number of rotatable bonds is 1. The maximum absolute atomic E-state index is 14.8. The van der Waals surface area contributed by atoms with Gasteiger partial charge >= 0.3 is 6.18 Å². The number of aromatic nitrogens is 1. The number of nitrogens with zero attached hydrogens (tertiary/aromatic N) is 1. The maximum atomic E-state index is 14.8. The Balaban J connectivity index is 1.98. The van der Waals surface area contributed by atoms with E-state index in [0.29, 0.717) is 16.9 Å². The van der Waals surface area contributed by atoms with Crippen molar-refractivity contribution in [1.82, 2.24) is 4.57 Å². The molecule has 1 aromatic heterocycles. The predicted molar refractivity (Wildman–Crippen MR) is 101 cm³/mol. The van der Waals surface area contributed by atoms with Crippen molar-refractivity contribution in [1.29, 1.82) is 0 Å². The van der Waals surface area contributed by atoms with Crippen LogP contribution in [0.4, 0.5) is 18.9 Å². The third-order valence-corrected chi connectivity index (χ3v) is 5.17. The Morgan fingerprint density at radius 1 is 0.778 bits per heavy atom. The highest BCUT2D eigenvalue weighted by atomic mass is 19.4. The molecule has 0 bridgehead atoms. The Bertz CT molecular complexity index is 1150. The average Bonchev–Trinajstić information content (AvgIpc) is 3.07. The van der Waals surface area contributed by atoms with E-state index in [1.165, 1.54) is 16.7 Å². The first kappa shape index (κ1) is 16.0. The zero-order valence-electron chi connectivity index (χ0n) is 14.2. The van der Waals surface area contributed by atoms with Crippen LogP contribution in [0.5, 0.6) is 0 Å². The number of halogens is 3. The summed E-state index contributed by atoms with van der Waals surface area (Å²) in [5.41, 5.74) is 0.0663. The van der Waals surface area contributed by atoms with Crippen LogP contribution >= 0.6 is 0 Å². The molecular formula is C22H15F3N2. The predicted octanol–water partition coefficient (Wildman–Crippen LogP) is 6.00. The van der Waals surface area contributed by atoms with E-state index >= 15 is 0 Å². The highest BCUT2D eigenvalue weighted by molar-refractivity contribution is 5.92. The zero-order chi connectivity index (χ0) is 18.6. The summed E-state index contributed by atoms with van der Waals surface area (Å²) in [7, 11) is 0. The molecule has 0 aliphatic carbocycles. The molecule has 1 unspecified atom stereocenters. The first-order valence-electron chi connectivity index (χ1n) is 8.63. The maximum Gasteiger partial charge on any atom is 0.435 e. The van der Waals surface area contributed by atoms with E-state index < -0.39 is 11.8 Å². The Kier molecular flexibility index (Phi) is 3.20. The molecule has 0 radical (unpaired) electrons. The first-order valence-corrected chi connectivity index (χ1v) is 8.63. The average molecular weight is 364 g/mol. The molecule has 1 atom stereocenters. The summed E-state index contributed by atoms with van der Waals surface area (Å²) in [6.07, 6.45) is -4.57. The molecule has 0 saturated heterocycles. The Hall–Kier alpha value is -3.21. The number of para-hydroxylation sites is 2. The molecule has 0 spiro atoms. The quantitative estimate of drug-likeness (QED) is 0.438. The Labute approximate surface area is 153 Å². The first-order chi connectivity index (χ1) is 13.0. The van der Waals surface area contributed by atoms with Gasteiger partial charge in [0.1, 0.15) is 0 Å². The normalized spacial score (nSPS) is 18.6. The van der Waals surface area contributed by atoms with E-state index in [1.807, 2.05) is 30.3 Å². The summed E-state index contributed by atoms with van der Waals surface area (Å²) in [6.45, 7) is 0. The van der Waals surface area contributed by atoms with E-state index in [9.17, 15) is 13.2 Å². The summed E-state index contributed by atoms with van der Waals surface area (Å²) in [4.78, 5) is 0. The second-order valence-corrected chi connectivity index (χ2v) is 6.67. The second-order valence-electron chi connectivity index (χ2n) is 6.67. The minimum atomic E-state index is -4.57. The van der Waals surface area contributed by atoms with Crippen molar-refractivity contribution < 1.29 is 13.2 Å². The van der Waals surface area contributed by atoms with Crippen molar-refractivity contribution in [3.05, 3.63) is 90.5 Å². The van der Waals surface area contributed by atoms with Crippen molar-refractivity contribution in [2.45, 2.75) is 11.8 Å². The van der Waals surface area contributed by atoms with Gasteiger partial charge in [0.25, 0.3) is 0 Å². The molecule has 0 amide bonds. The van der Waals surface area contributed by atoms with Crippen molar-refractivity contribution >= 4 is 16.6 Å². The van der Waals surface area contributed by atoms with Crippen LogP contribution in [0.15, 0.2) is 84.9 Å².